The number of hydrogen-bond donors (Lipinski definition) is 2. The Morgan fingerprint density at radius 1 is 1.39 bits per heavy atom. The maximum atomic E-state index is 11.9. The van der Waals surface area contributed by atoms with Crippen molar-refractivity contribution >= 4 is 39.8 Å². The van der Waals surface area contributed by atoms with Gasteiger partial charge in [-0.2, -0.15) is 0 Å². The Balaban J connectivity index is 2.61. The van der Waals surface area contributed by atoms with E-state index in [1.165, 1.54) is 13.0 Å². The number of rotatable bonds is 2. The zero-order valence-electron chi connectivity index (χ0n) is 9.52. The molecule has 5 nitrogen and oxygen atoms in total. The number of hydrogen-bond acceptors (Lipinski definition) is 4. The van der Waals surface area contributed by atoms with E-state index in [4.69, 9.17) is 22.4 Å². The second-order valence-corrected chi connectivity index (χ2v) is 4.17. The standard InChI is InChI=1S/C12H10N2O3S/c1-6(15)14-7-2-3-10-8(4-7)9(16)5-11(17-10)12(13)18/h2-5H,1H3,(H2,13,18)(H,14,15). The highest BCUT2D eigenvalue weighted by atomic mass is 32.1. The van der Waals surface area contributed by atoms with Crippen molar-refractivity contribution in [3.63, 3.8) is 0 Å². The lowest BCUT2D eigenvalue weighted by molar-refractivity contribution is -0.114. The molecule has 0 unspecified atom stereocenters. The van der Waals surface area contributed by atoms with Gasteiger partial charge in [0.25, 0.3) is 0 Å². The maximum absolute atomic E-state index is 11.9. The number of benzene rings is 1. The first-order valence-electron chi connectivity index (χ1n) is 5.12. The van der Waals surface area contributed by atoms with E-state index >= 15 is 0 Å². The molecule has 0 aliphatic heterocycles. The fraction of sp³-hybridized carbons (Fsp3) is 0.0833. The molecule has 0 radical (unpaired) electrons. The first kappa shape index (κ1) is 12.3. The molecule has 2 rings (SSSR count). The summed E-state index contributed by atoms with van der Waals surface area (Å²) in [4.78, 5) is 22.8. The average Bonchev–Trinajstić information content (AvgIpc) is 2.28. The molecule has 1 aromatic carbocycles. The van der Waals surface area contributed by atoms with Crippen molar-refractivity contribution in [2.75, 3.05) is 5.32 Å². The lowest BCUT2D eigenvalue weighted by Gasteiger charge is -2.04. The van der Waals surface area contributed by atoms with Crippen LogP contribution in [0.4, 0.5) is 5.69 Å². The average molecular weight is 262 g/mol. The molecular formula is C12H10N2O3S. The van der Waals surface area contributed by atoms with Gasteiger partial charge in [-0.15, -0.1) is 0 Å². The fourth-order valence-electron chi connectivity index (χ4n) is 1.56. The van der Waals surface area contributed by atoms with E-state index in [2.05, 4.69) is 5.32 Å². The van der Waals surface area contributed by atoms with Crippen LogP contribution in [0.25, 0.3) is 11.0 Å². The highest BCUT2D eigenvalue weighted by Gasteiger charge is 2.07. The topological polar surface area (TPSA) is 85.3 Å². The van der Waals surface area contributed by atoms with Crippen molar-refractivity contribution in [2.45, 2.75) is 6.92 Å². The van der Waals surface area contributed by atoms with Crippen LogP contribution in [0.2, 0.25) is 0 Å². The van der Waals surface area contributed by atoms with E-state index in [9.17, 15) is 9.59 Å². The quantitative estimate of drug-likeness (QED) is 0.799. The Bertz CT molecular complexity index is 706. The fourth-order valence-corrected chi connectivity index (χ4v) is 1.66. The van der Waals surface area contributed by atoms with Crippen molar-refractivity contribution in [1.82, 2.24) is 0 Å². The lowest BCUT2D eigenvalue weighted by Crippen LogP contribution is -2.13. The number of nitrogens with two attached hydrogens (primary N) is 1. The molecule has 0 saturated heterocycles. The van der Waals surface area contributed by atoms with Crippen LogP contribution in [-0.4, -0.2) is 10.9 Å². The van der Waals surface area contributed by atoms with Crippen LogP contribution < -0.4 is 16.5 Å². The van der Waals surface area contributed by atoms with Crippen LogP contribution in [0, 0.1) is 0 Å². The van der Waals surface area contributed by atoms with Crippen LogP contribution in [0.15, 0.2) is 33.5 Å². The minimum Gasteiger partial charge on any atom is -0.453 e. The summed E-state index contributed by atoms with van der Waals surface area (Å²) in [7, 11) is 0. The third-order valence-corrected chi connectivity index (χ3v) is 2.49. The van der Waals surface area contributed by atoms with Gasteiger partial charge in [-0.25, -0.2) is 0 Å². The molecule has 3 N–H and O–H groups in total. The van der Waals surface area contributed by atoms with Crippen molar-refractivity contribution in [1.29, 1.82) is 0 Å². The smallest absolute Gasteiger partial charge is 0.221 e. The molecule has 0 aliphatic carbocycles. The van der Waals surface area contributed by atoms with Gasteiger partial charge in [-0.1, -0.05) is 12.2 Å². The Kier molecular flexibility index (Phi) is 3.12. The largest absolute Gasteiger partial charge is 0.453 e. The molecule has 0 aliphatic rings. The van der Waals surface area contributed by atoms with Gasteiger partial charge in [-0.3, -0.25) is 9.59 Å². The van der Waals surface area contributed by atoms with Gasteiger partial charge in [0.15, 0.2) is 11.2 Å². The number of thiocarbonyl (C=S) groups is 1. The summed E-state index contributed by atoms with van der Waals surface area (Å²) in [5, 5.41) is 2.95. The van der Waals surface area contributed by atoms with Gasteiger partial charge in [0.2, 0.25) is 5.91 Å². The van der Waals surface area contributed by atoms with Crippen molar-refractivity contribution in [3.05, 3.63) is 40.2 Å². The zero-order chi connectivity index (χ0) is 13.3. The van der Waals surface area contributed by atoms with Crippen LogP contribution in [0.3, 0.4) is 0 Å². The Morgan fingerprint density at radius 3 is 2.72 bits per heavy atom. The summed E-state index contributed by atoms with van der Waals surface area (Å²) in [6.07, 6.45) is 0. The minimum absolute atomic E-state index is 0.0277. The van der Waals surface area contributed by atoms with Gasteiger partial charge in [-0.05, 0) is 18.2 Å². The first-order chi connectivity index (χ1) is 8.47. The summed E-state index contributed by atoms with van der Waals surface area (Å²) < 4.78 is 5.39. The Hall–Kier alpha value is -2.21. The third kappa shape index (κ3) is 2.38. The number of amides is 1. The monoisotopic (exact) mass is 262 g/mol. The summed E-state index contributed by atoms with van der Waals surface area (Å²) in [6, 6.07) is 6.01. The molecule has 0 fully saturated rings. The highest BCUT2D eigenvalue weighted by molar-refractivity contribution is 7.80. The second-order valence-electron chi connectivity index (χ2n) is 3.73. The molecule has 0 spiro atoms. The van der Waals surface area contributed by atoms with Gasteiger partial charge in [0.1, 0.15) is 10.6 Å². The summed E-state index contributed by atoms with van der Waals surface area (Å²) in [5.41, 5.74) is 6.06. The van der Waals surface area contributed by atoms with E-state index in [1.807, 2.05) is 0 Å². The second kappa shape index (κ2) is 4.58. The number of carbonyl (C=O) groups excluding carboxylic acids is 1. The van der Waals surface area contributed by atoms with Crippen LogP contribution in [-0.2, 0) is 4.79 Å². The third-order valence-electron chi connectivity index (χ3n) is 2.29. The molecule has 18 heavy (non-hydrogen) atoms. The van der Waals surface area contributed by atoms with E-state index in [0.29, 0.717) is 16.7 Å². The molecule has 92 valence electrons. The summed E-state index contributed by atoms with van der Waals surface area (Å²) in [6.45, 7) is 1.39. The van der Waals surface area contributed by atoms with Gasteiger partial charge in [0.05, 0.1) is 5.39 Å². The highest BCUT2D eigenvalue weighted by Crippen LogP contribution is 2.17. The first-order valence-corrected chi connectivity index (χ1v) is 5.53. The number of carbonyl (C=O) groups is 1. The SMILES string of the molecule is CC(=O)Nc1ccc2oc(C(N)=S)cc(=O)c2c1. The van der Waals surface area contributed by atoms with Crippen LogP contribution >= 0.6 is 12.2 Å². The Morgan fingerprint density at radius 2 is 2.11 bits per heavy atom. The zero-order valence-corrected chi connectivity index (χ0v) is 10.3. The van der Waals surface area contributed by atoms with Gasteiger partial charge < -0.3 is 15.5 Å². The summed E-state index contributed by atoms with van der Waals surface area (Å²) >= 11 is 4.76. The minimum atomic E-state index is -0.258. The lowest BCUT2D eigenvalue weighted by atomic mass is 10.2. The molecule has 2 aromatic rings. The number of anilines is 1. The van der Waals surface area contributed by atoms with Gasteiger partial charge in [0, 0.05) is 18.7 Å². The van der Waals surface area contributed by atoms with E-state index < -0.39 is 0 Å². The van der Waals surface area contributed by atoms with Crippen LogP contribution in [0.1, 0.15) is 12.7 Å². The van der Waals surface area contributed by atoms with E-state index in [1.54, 1.807) is 18.2 Å². The molecule has 6 heteroatoms. The molecule has 0 bridgehead atoms. The normalized spacial score (nSPS) is 10.3. The molecule has 0 atom stereocenters. The Labute approximate surface area is 108 Å². The predicted octanol–water partition coefficient (Wildman–Crippen LogP) is 1.39. The van der Waals surface area contributed by atoms with Crippen molar-refractivity contribution in [2.24, 2.45) is 5.73 Å². The number of nitrogens with one attached hydrogen (secondary N) is 1. The maximum Gasteiger partial charge on any atom is 0.221 e. The van der Waals surface area contributed by atoms with E-state index in [0.717, 1.165) is 0 Å². The van der Waals surface area contributed by atoms with Crippen LogP contribution in [0.5, 0.6) is 0 Å². The molecule has 1 amide bonds. The number of fused-ring (bicyclic) bond motifs is 1. The van der Waals surface area contributed by atoms with Gasteiger partial charge >= 0.3 is 0 Å². The molecule has 1 heterocycles. The predicted molar refractivity (Wildman–Crippen MR) is 72.7 cm³/mol. The van der Waals surface area contributed by atoms with E-state index in [-0.39, 0.29) is 22.1 Å². The van der Waals surface area contributed by atoms with Crippen molar-refractivity contribution in [3.8, 4) is 0 Å². The molecule has 1 aromatic heterocycles. The summed E-state index contributed by atoms with van der Waals surface area (Å²) in [5.74, 6) is -0.0340. The molecular weight excluding hydrogens is 252 g/mol. The molecule has 0 saturated carbocycles. The van der Waals surface area contributed by atoms with Crippen molar-refractivity contribution < 1.29 is 9.21 Å².